The first-order chi connectivity index (χ1) is 13.1. The van der Waals surface area contributed by atoms with Crippen LogP contribution in [0.5, 0.6) is 0 Å². The number of carbonyl (C=O) groups is 1. The molecule has 3 aromatic rings. The van der Waals surface area contributed by atoms with Crippen molar-refractivity contribution in [2.75, 3.05) is 5.01 Å². The Balaban J connectivity index is 1.69. The summed E-state index contributed by atoms with van der Waals surface area (Å²) in [7, 11) is 0. The van der Waals surface area contributed by atoms with Crippen molar-refractivity contribution in [3.8, 4) is 6.07 Å². The summed E-state index contributed by atoms with van der Waals surface area (Å²) < 4.78 is 0. The lowest BCUT2D eigenvalue weighted by Gasteiger charge is -2.13. The van der Waals surface area contributed by atoms with Gasteiger partial charge in [0.15, 0.2) is 0 Å². The van der Waals surface area contributed by atoms with Gasteiger partial charge in [0.25, 0.3) is 5.91 Å². The van der Waals surface area contributed by atoms with E-state index in [2.05, 4.69) is 21.1 Å². The molecule has 0 radical (unpaired) electrons. The number of aromatic nitrogens is 2. The summed E-state index contributed by atoms with van der Waals surface area (Å²) in [6, 6.07) is 16.6. The fourth-order valence-electron chi connectivity index (χ4n) is 2.98. The highest BCUT2D eigenvalue weighted by molar-refractivity contribution is 6.31. The molecule has 7 heteroatoms. The average Bonchev–Trinajstić information content (AvgIpc) is 3.21. The SMILES string of the molecule is CC1=NN(c2cccc(Cl)c2)C(=O)[C@@H]1/C=C(\C#N)c1nc2ccccc2[nH]1. The van der Waals surface area contributed by atoms with E-state index in [-0.39, 0.29) is 5.91 Å². The van der Waals surface area contributed by atoms with Gasteiger partial charge in [-0.05, 0) is 43.3 Å². The van der Waals surface area contributed by atoms with E-state index in [1.807, 2.05) is 24.3 Å². The Labute approximate surface area is 160 Å². The minimum absolute atomic E-state index is 0.237. The monoisotopic (exact) mass is 375 g/mol. The Morgan fingerprint density at radius 1 is 1.30 bits per heavy atom. The highest BCUT2D eigenvalue weighted by atomic mass is 35.5. The van der Waals surface area contributed by atoms with E-state index in [9.17, 15) is 10.1 Å². The first-order valence-corrected chi connectivity index (χ1v) is 8.66. The van der Waals surface area contributed by atoms with Crippen LogP contribution in [0.4, 0.5) is 5.69 Å². The number of hydrogen-bond acceptors (Lipinski definition) is 4. The summed E-state index contributed by atoms with van der Waals surface area (Å²) in [6.45, 7) is 1.76. The van der Waals surface area contributed by atoms with Crippen molar-refractivity contribution in [3.05, 3.63) is 65.5 Å². The summed E-state index contributed by atoms with van der Waals surface area (Å²) in [5, 5.41) is 15.8. The molecular weight excluding hydrogens is 362 g/mol. The van der Waals surface area contributed by atoms with Gasteiger partial charge in [0, 0.05) is 5.02 Å². The minimum atomic E-state index is -0.633. The van der Waals surface area contributed by atoms with Gasteiger partial charge in [0.2, 0.25) is 0 Å². The number of hydrazone groups is 1. The molecule has 1 aromatic heterocycles. The number of carbonyl (C=O) groups excluding carboxylic acids is 1. The van der Waals surface area contributed by atoms with Gasteiger partial charge in [0.1, 0.15) is 11.9 Å². The van der Waals surface area contributed by atoms with Crippen molar-refractivity contribution in [1.29, 1.82) is 5.26 Å². The zero-order valence-electron chi connectivity index (χ0n) is 14.3. The average molecular weight is 376 g/mol. The second-order valence-corrected chi connectivity index (χ2v) is 6.58. The molecule has 27 heavy (non-hydrogen) atoms. The summed E-state index contributed by atoms with van der Waals surface area (Å²) in [5.41, 5.74) is 3.08. The number of anilines is 1. The van der Waals surface area contributed by atoms with Crippen LogP contribution in [-0.4, -0.2) is 21.6 Å². The van der Waals surface area contributed by atoms with E-state index in [1.165, 1.54) is 5.01 Å². The van der Waals surface area contributed by atoms with Crippen molar-refractivity contribution < 1.29 is 4.79 Å². The summed E-state index contributed by atoms with van der Waals surface area (Å²) in [5.74, 6) is -0.439. The Morgan fingerprint density at radius 3 is 2.85 bits per heavy atom. The zero-order chi connectivity index (χ0) is 19.0. The molecule has 6 nitrogen and oxygen atoms in total. The van der Waals surface area contributed by atoms with Gasteiger partial charge in [-0.25, -0.2) is 4.98 Å². The molecule has 2 heterocycles. The number of halogens is 1. The molecule has 0 saturated carbocycles. The van der Waals surface area contributed by atoms with Crippen molar-refractivity contribution in [2.45, 2.75) is 6.92 Å². The summed E-state index contributed by atoms with van der Waals surface area (Å²) in [6.07, 6.45) is 1.60. The van der Waals surface area contributed by atoms with Crippen LogP contribution in [0.2, 0.25) is 5.02 Å². The van der Waals surface area contributed by atoms with Gasteiger partial charge >= 0.3 is 0 Å². The van der Waals surface area contributed by atoms with E-state index >= 15 is 0 Å². The molecule has 0 saturated heterocycles. The van der Waals surface area contributed by atoms with Crippen LogP contribution in [0.1, 0.15) is 12.7 Å². The first kappa shape index (κ1) is 17.0. The fraction of sp³-hybridized carbons (Fsp3) is 0.100. The number of nitriles is 1. The maximum absolute atomic E-state index is 12.9. The van der Waals surface area contributed by atoms with Gasteiger partial charge < -0.3 is 4.98 Å². The van der Waals surface area contributed by atoms with E-state index in [1.54, 1.807) is 37.3 Å². The maximum Gasteiger partial charge on any atom is 0.260 e. The van der Waals surface area contributed by atoms with E-state index in [0.717, 1.165) is 11.0 Å². The minimum Gasteiger partial charge on any atom is -0.337 e. The predicted octanol–water partition coefficient (Wildman–Crippen LogP) is 4.16. The Morgan fingerprint density at radius 2 is 2.11 bits per heavy atom. The third-order valence-electron chi connectivity index (χ3n) is 4.33. The van der Waals surface area contributed by atoms with Crippen LogP contribution in [0.15, 0.2) is 59.7 Å². The van der Waals surface area contributed by atoms with Crippen molar-refractivity contribution in [3.63, 3.8) is 0 Å². The predicted molar refractivity (Wildman–Crippen MR) is 105 cm³/mol. The van der Waals surface area contributed by atoms with Gasteiger partial charge in [-0.15, -0.1) is 0 Å². The van der Waals surface area contributed by atoms with Crippen LogP contribution >= 0.6 is 11.6 Å². The molecule has 0 bridgehead atoms. The number of amides is 1. The normalized spacial score (nSPS) is 17.3. The molecule has 0 fully saturated rings. The number of nitrogens with one attached hydrogen (secondary N) is 1. The van der Waals surface area contributed by atoms with Gasteiger partial charge in [0.05, 0.1) is 33.9 Å². The van der Waals surface area contributed by atoms with E-state index < -0.39 is 5.92 Å². The highest BCUT2D eigenvalue weighted by Gasteiger charge is 2.33. The van der Waals surface area contributed by atoms with Gasteiger partial charge in [-0.1, -0.05) is 29.8 Å². The molecule has 1 aliphatic heterocycles. The molecule has 0 unspecified atom stereocenters. The summed E-state index contributed by atoms with van der Waals surface area (Å²) >= 11 is 6.02. The lowest BCUT2D eigenvalue weighted by molar-refractivity contribution is -0.118. The quantitative estimate of drug-likeness (QED) is 0.697. The second kappa shape index (κ2) is 6.71. The summed E-state index contributed by atoms with van der Waals surface area (Å²) in [4.78, 5) is 20.4. The number of para-hydroxylation sites is 2. The topological polar surface area (TPSA) is 85.1 Å². The molecule has 0 spiro atoms. The smallest absolute Gasteiger partial charge is 0.260 e. The number of hydrogen-bond donors (Lipinski definition) is 1. The number of H-pyrrole nitrogens is 1. The highest BCUT2D eigenvalue weighted by Crippen LogP contribution is 2.28. The number of fused-ring (bicyclic) bond motifs is 1. The largest absolute Gasteiger partial charge is 0.337 e. The molecule has 4 rings (SSSR count). The molecule has 0 aliphatic carbocycles. The van der Waals surface area contributed by atoms with Crippen molar-refractivity contribution >= 4 is 45.5 Å². The number of allylic oxidation sites excluding steroid dienone is 1. The van der Waals surface area contributed by atoms with Crippen LogP contribution < -0.4 is 5.01 Å². The van der Waals surface area contributed by atoms with Crippen LogP contribution in [0, 0.1) is 17.2 Å². The van der Waals surface area contributed by atoms with E-state index in [4.69, 9.17) is 11.6 Å². The number of imidazole rings is 1. The fourth-order valence-corrected chi connectivity index (χ4v) is 3.17. The van der Waals surface area contributed by atoms with Crippen molar-refractivity contribution in [2.24, 2.45) is 11.0 Å². The molecule has 1 amide bonds. The Hall–Kier alpha value is -3.43. The number of aromatic amines is 1. The lowest BCUT2D eigenvalue weighted by Crippen LogP contribution is -2.26. The van der Waals surface area contributed by atoms with Crippen molar-refractivity contribution in [1.82, 2.24) is 9.97 Å². The number of rotatable bonds is 3. The zero-order valence-corrected chi connectivity index (χ0v) is 15.1. The number of nitrogens with zero attached hydrogens (tertiary/aromatic N) is 4. The maximum atomic E-state index is 12.9. The first-order valence-electron chi connectivity index (χ1n) is 8.28. The molecule has 132 valence electrons. The standard InChI is InChI=1S/C20H14ClN5O/c1-12-16(20(27)26(25-12)15-6-4-5-14(21)10-15)9-13(11-22)19-23-17-7-2-3-8-18(17)24-19/h2-10,16H,1H3,(H,23,24)/b13-9+/t16-/m1/s1. The Kier molecular flexibility index (Phi) is 4.22. The van der Waals surface area contributed by atoms with Crippen LogP contribution in [0.3, 0.4) is 0 Å². The van der Waals surface area contributed by atoms with E-state index in [0.29, 0.717) is 27.8 Å². The lowest BCUT2D eigenvalue weighted by atomic mass is 10.0. The molecule has 1 aliphatic rings. The van der Waals surface area contributed by atoms with Gasteiger partial charge in [-0.2, -0.15) is 15.4 Å². The third kappa shape index (κ3) is 3.09. The molecule has 1 atom stereocenters. The second-order valence-electron chi connectivity index (χ2n) is 6.14. The molecular formula is C20H14ClN5O. The van der Waals surface area contributed by atoms with Crippen LogP contribution in [0.25, 0.3) is 16.6 Å². The van der Waals surface area contributed by atoms with Gasteiger partial charge in [-0.3, -0.25) is 4.79 Å². The molecule has 1 N–H and O–H groups in total. The number of benzene rings is 2. The Bertz CT molecular complexity index is 1120. The molecule has 2 aromatic carbocycles. The van der Waals surface area contributed by atoms with Crippen LogP contribution in [-0.2, 0) is 4.79 Å². The third-order valence-corrected chi connectivity index (χ3v) is 4.57.